The Morgan fingerprint density at radius 2 is 1.91 bits per heavy atom. The SMILES string of the molecule is CC(C)C(=O)c1cnc2ccc(-c3cc(F)c(O)c(Cl)c3)nc2c1Nc1ccc(N2CCC[C@@H](NC(=O)OC(C)(C)C)C2)nc1. The van der Waals surface area contributed by atoms with Gasteiger partial charge in [-0.2, -0.15) is 0 Å². The van der Waals surface area contributed by atoms with Crippen LogP contribution >= 0.6 is 11.6 Å². The van der Waals surface area contributed by atoms with Crippen LogP contribution in [-0.2, 0) is 4.74 Å². The zero-order valence-corrected chi connectivity index (χ0v) is 26.6. The van der Waals surface area contributed by atoms with Crippen molar-refractivity contribution in [2.24, 2.45) is 5.92 Å². The molecule has 0 spiro atoms. The van der Waals surface area contributed by atoms with E-state index < -0.39 is 23.3 Å². The van der Waals surface area contributed by atoms with Crippen molar-refractivity contribution in [3.05, 3.63) is 65.2 Å². The molecule has 12 heteroatoms. The lowest BCUT2D eigenvalue weighted by atomic mass is 10.00. The van der Waals surface area contributed by atoms with E-state index in [0.29, 0.717) is 45.8 Å². The van der Waals surface area contributed by atoms with E-state index in [1.165, 1.54) is 12.3 Å². The number of halogens is 2. The van der Waals surface area contributed by atoms with Crippen molar-refractivity contribution in [3.63, 3.8) is 0 Å². The minimum absolute atomic E-state index is 0.0711. The molecule has 0 aliphatic carbocycles. The molecule has 10 nitrogen and oxygen atoms in total. The van der Waals surface area contributed by atoms with Crippen LogP contribution in [0.15, 0.2) is 48.8 Å². The van der Waals surface area contributed by atoms with Gasteiger partial charge in [0.1, 0.15) is 16.9 Å². The normalized spacial score (nSPS) is 15.3. The Morgan fingerprint density at radius 1 is 1.13 bits per heavy atom. The average molecular weight is 635 g/mol. The van der Waals surface area contributed by atoms with Gasteiger partial charge in [0.25, 0.3) is 0 Å². The van der Waals surface area contributed by atoms with Crippen LogP contribution in [0.25, 0.3) is 22.3 Å². The number of amides is 1. The van der Waals surface area contributed by atoms with Gasteiger partial charge in [-0.1, -0.05) is 25.4 Å². The van der Waals surface area contributed by atoms with Crippen LogP contribution in [0.2, 0.25) is 5.02 Å². The van der Waals surface area contributed by atoms with Crippen LogP contribution in [0.1, 0.15) is 57.8 Å². The van der Waals surface area contributed by atoms with Crippen molar-refractivity contribution < 1.29 is 23.8 Å². The van der Waals surface area contributed by atoms with E-state index in [9.17, 15) is 19.1 Å². The molecule has 3 N–H and O–H groups in total. The van der Waals surface area contributed by atoms with E-state index >= 15 is 0 Å². The molecule has 0 saturated carbocycles. The summed E-state index contributed by atoms with van der Waals surface area (Å²) in [6, 6.07) is 9.65. The number of fused-ring (bicyclic) bond motifs is 1. The first-order valence-electron chi connectivity index (χ1n) is 14.8. The Morgan fingerprint density at radius 3 is 2.58 bits per heavy atom. The van der Waals surface area contributed by atoms with Crippen LogP contribution in [0.3, 0.4) is 0 Å². The lowest BCUT2D eigenvalue weighted by Gasteiger charge is -2.34. The van der Waals surface area contributed by atoms with E-state index in [2.05, 4.69) is 25.5 Å². The maximum atomic E-state index is 14.3. The van der Waals surface area contributed by atoms with Crippen molar-refractivity contribution >= 4 is 51.7 Å². The molecule has 1 saturated heterocycles. The van der Waals surface area contributed by atoms with Gasteiger partial charge >= 0.3 is 6.09 Å². The monoisotopic (exact) mass is 634 g/mol. The summed E-state index contributed by atoms with van der Waals surface area (Å²) >= 11 is 6.03. The van der Waals surface area contributed by atoms with E-state index in [-0.39, 0.29) is 22.8 Å². The molecule has 1 aliphatic heterocycles. The van der Waals surface area contributed by atoms with Crippen molar-refractivity contribution in [2.45, 2.75) is 59.1 Å². The number of Topliss-reactive ketones (excluding diaryl/α,β-unsaturated/α-hetero) is 1. The quantitative estimate of drug-likeness (QED) is 0.180. The molecule has 1 fully saturated rings. The Bertz CT molecular complexity index is 1720. The second kappa shape index (κ2) is 12.8. The first-order valence-corrected chi connectivity index (χ1v) is 15.2. The number of carbonyl (C=O) groups is 2. The van der Waals surface area contributed by atoms with Gasteiger partial charge in [-0.25, -0.2) is 19.2 Å². The highest BCUT2D eigenvalue weighted by Crippen LogP contribution is 2.35. The maximum absolute atomic E-state index is 14.3. The number of hydrogen-bond donors (Lipinski definition) is 3. The largest absolute Gasteiger partial charge is 0.504 e. The van der Waals surface area contributed by atoms with Gasteiger partial charge in [0, 0.05) is 36.8 Å². The number of ketones is 1. The summed E-state index contributed by atoms with van der Waals surface area (Å²) in [6.45, 7) is 10.5. The van der Waals surface area contributed by atoms with E-state index in [4.69, 9.17) is 21.3 Å². The third-order valence-corrected chi connectivity index (χ3v) is 7.59. The highest BCUT2D eigenvalue weighted by molar-refractivity contribution is 6.32. The van der Waals surface area contributed by atoms with Gasteiger partial charge in [-0.05, 0) is 70.0 Å². The minimum Gasteiger partial charge on any atom is -0.504 e. The summed E-state index contributed by atoms with van der Waals surface area (Å²) in [4.78, 5) is 41.6. The van der Waals surface area contributed by atoms with Gasteiger partial charge in [0.2, 0.25) is 0 Å². The number of nitrogens with one attached hydrogen (secondary N) is 2. The number of anilines is 3. The highest BCUT2D eigenvalue weighted by atomic mass is 35.5. The fourth-order valence-electron chi connectivity index (χ4n) is 5.13. The number of rotatable bonds is 7. The number of nitrogens with zero attached hydrogens (tertiary/aromatic N) is 4. The predicted octanol–water partition coefficient (Wildman–Crippen LogP) is 7.27. The molecule has 4 heterocycles. The number of phenolic OH excluding ortho intramolecular Hbond substituents is 1. The molecule has 5 rings (SSSR count). The van der Waals surface area contributed by atoms with Crippen LogP contribution in [0.4, 0.5) is 26.4 Å². The second-order valence-corrected chi connectivity index (χ2v) is 12.8. The summed E-state index contributed by atoms with van der Waals surface area (Å²) in [7, 11) is 0. The van der Waals surface area contributed by atoms with Gasteiger partial charge in [0.15, 0.2) is 17.3 Å². The third kappa shape index (κ3) is 7.42. The fraction of sp³-hybridized carbons (Fsp3) is 0.364. The van der Waals surface area contributed by atoms with Crippen LogP contribution in [0.5, 0.6) is 5.75 Å². The maximum Gasteiger partial charge on any atom is 0.407 e. The van der Waals surface area contributed by atoms with E-state index in [1.54, 1.807) is 32.2 Å². The number of benzene rings is 1. The molecule has 236 valence electrons. The Labute approximate surface area is 266 Å². The Hall–Kier alpha value is -4.51. The molecule has 4 aromatic rings. The molecule has 1 amide bonds. The van der Waals surface area contributed by atoms with Crippen LogP contribution in [0, 0.1) is 11.7 Å². The molecule has 1 aromatic carbocycles. The Kier molecular flexibility index (Phi) is 9.11. The number of ether oxygens (including phenoxy) is 1. The fourth-order valence-corrected chi connectivity index (χ4v) is 5.34. The first-order chi connectivity index (χ1) is 21.3. The molecular weight excluding hydrogens is 599 g/mol. The standard InChI is InChI=1S/C33H36ClFN6O4/c1-18(2)30(42)22-16-36-26-10-9-25(19-13-23(34)31(43)24(35)14-19)40-29(26)28(22)38-20-8-11-27(37-15-20)41-12-6-7-21(17-41)39-32(44)45-33(3,4)5/h8-11,13-16,18,21,43H,6-7,12,17H2,1-5H3,(H,36,38)(H,39,44)/t21-/m1/s1. The van der Waals surface area contributed by atoms with Gasteiger partial charge in [-0.3, -0.25) is 9.78 Å². The number of aromatic nitrogens is 3. The summed E-state index contributed by atoms with van der Waals surface area (Å²) in [5, 5.41) is 15.9. The van der Waals surface area contributed by atoms with Crippen LogP contribution < -0.4 is 15.5 Å². The van der Waals surface area contributed by atoms with Crippen molar-refractivity contribution in [1.29, 1.82) is 0 Å². The number of piperidine rings is 1. The molecule has 0 bridgehead atoms. The number of carbonyl (C=O) groups excluding carboxylic acids is 2. The number of aromatic hydroxyl groups is 1. The molecule has 3 aromatic heterocycles. The van der Waals surface area contributed by atoms with Gasteiger partial charge in [0.05, 0.1) is 39.4 Å². The zero-order chi connectivity index (χ0) is 32.5. The van der Waals surface area contributed by atoms with E-state index in [1.807, 2.05) is 32.9 Å². The van der Waals surface area contributed by atoms with Gasteiger partial charge < -0.3 is 25.4 Å². The summed E-state index contributed by atoms with van der Waals surface area (Å²) in [5.74, 6) is -1.18. The molecule has 45 heavy (non-hydrogen) atoms. The number of phenols is 1. The third-order valence-electron chi connectivity index (χ3n) is 7.30. The first kappa shape index (κ1) is 31.9. The van der Waals surface area contributed by atoms with E-state index in [0.717, 1.165) is 31.3 Å². The lowest BCUT2D eigenvalue weighted by molar-refractivity contribution is 0.0499. The molecule has 1 aliphatic rings. The highest BCUT2D eigenvalue weighted by Gasteiger charge is 2.25. The number of hydrogen-bond acceptors (Lipinski definition) is 9. The molecule has 1 atom stereocenters. The van der Waals surface area contributed by atoms with Crippen molar-refractivity contribution in [3.8, 4) is 17.0 Å². The van der Waals surface area contributed by atoms with Crippen molar-refractivity contribution in [2.75, 3.05) is 23.3 Å². The number of alkyl carbamates (subject to hydrolysis) is 1. The molecular formula is C33H36ClFN6O4. The zero-order valence-electron chi connectivity index (χ0n) is 25.8. The molecule has 0 unspecified atom stereocenters. The summed E-state index contributed by atoms with van der Waals surface area (Å²) < 4.78 is 19.7. The number of pyridine rings is 3. The Balaban J connectivity index is 1.43. The van der Waals surface area contributed by atoms with Crippen LogP contribution in [-0.4, -0.2) is 56.7 Å². The second-order valence-electron chi connectivity index (χ2n) is 12.4. The summed E-state index contributed by atoms with van der Waals surface area (Å²) in [6.07, 6.45) is 4.49. The topological polar surface area (TPSA) is 130 Å². The van der Waals surface area contributed by atoms with Crippen molar-refractivity contribution in [1.82, 2.24) is 20.3 Å². The smallest absolute Gasteiger partial charge is 0.407 e. The average Bonchev–Trinajstić information content (AvgIpc) is 2.98. The lowest BCUT2D eigenvalue weighted by Crippen LogP contribution is -2.49. The van der Waals surface area contributed by atoms with Gasteiger partial charge in [-0.15, -0.1) is 0 Å². The predicted molar refractivity (Wildman–Crippen MR) is 173 cm³/mol. The minimum atomic E-state index is -0.869. The molecule has 0 radical (unpaired) electrons. The summed E-state index contributed by atoms with van der Waals surface area (Å²) in [5.41, 5.74) is 2.51.